The summed E-state index contributed by atoms with van der Waals surface area (Å²) < 4.78 is 36.0. The highest BCUT2D eigenvalue weighted by Gasteiger charge is 2.14. The van der Waals surface area contributed by atoms with Crippen molar-refractivity contribution in [1.82, 2.24) is 4.72 Å². The van der Waals surface area contributed by atoms with Gasteiger partial charge in [-0.15, -0.1) is 0 Å². The van der Waals surface area contributed by atoms with E-state index in [0.717, 1.165) is 0 Å². The monoisotopic (exact) mass is 392 g/mol. The average molecular weight is 392 g/mol. The molecule has 2 rings (SSSR count). The maximum Gasteiger partial charge on any atom is 0.337 e. The summed E-state index contributed by atoms with van der Waals surface area (Å²) in [5.41, 5.74) is 1.15. The summed E-state index contributed by atoms with van der Waals surface area (Å²) in [6.07, 6.45) is 0. The van der Waals surface area contributed by atoms with Crippen molar-refractivity contribution in [3.05, 3.63) is 59.7 Å². The highest BCUT2D eigenvalue weighted by Crippen LogP contribution is 2.14. The Labute approximate surface area is 157 Å². The number of carbonyl (C=O) groups is 2. The van der Waals surface area contributed by atoms with Crippen LogP contribution in [0.2, 0.25) is 0 Å². The average Bonchev–Trinajstić information content (AvgIpc) is 2.68. The molecule has 0 bridgehead atoms. The van der Waals surface area contributed by atoms with E-state index in [0.29, 0.717) is 16.8 Å². The van der Waals surface area contributed by atoms with Crippen LogP contribution < -0.4 is 10.0 Å². The number of carbonyl (C=O) groups excluding carboxylic acids is 2. The minimum absolute atomic E-state index is 0.0533. The molecule has 0 aliphatic carbocycles. The molecule has 144 valence electrons. The van der Waals surface area contributed by atoms with E-state index in [1.165, 1.54) is 50.6 Å². The van der Waals surface area contributed by atoms with Gasteiger partial charge in [0.25, 0.3) is 5.91 Å². The van der Waals surface area contributed by atoms with Crippen molar-refractivity contribution in [2.24, 2.45) is 0 Å². The van der Waals surface area contributed by atoms with Crippen LogP contribution >= 0.6 is 0 Å². The van der Waals surface area contributed by atoms with Gasteiger partial charge in [-0.25, -0.2) is 17.9 Å². The number of amides is 1. The van der Waals surface area contributed by atoms with Crippen LogP contribution in [-0.4, -0.2) is 47.7 Å². The van der Waals surface area contributed by atoms with Crippen molar-refractivity contribution < 1.29 is 27.5 Å². The molecule has 0 saturated carbocycles. The zero-order chi connectivity index (χ0) is 19.9. The second-order valence-corrected chi connectivity index (χ2v) is 7.20. The van der Waals surface area contributed by atoms with Gasteiger partial charge in [-0.05, 0) is 48.5 Å². The normalized spacial score (nSPS) is 11.0. The van der Waals surface area contributed by atoms with Crippen molar-refractivity contribution in [3.8, 4) is 0 Å². The minimum Gasteiger partial charge on any atom is -0.465 e. The lowest BCUT2D eigenvalue weighted by Crippen LogP contribution is -2.27. The smallest absolute Gasteiger partial charge is 0.337 e. The van der Waals surface area contributed by atoms with Crippen molar-refractivity contribution in [1.29, 1.82) is 0 Å². The Morgan fingerprint density at radius 2 is 1.52 bits per heavy atom. The Hall–Kier alpha value is -2.75. The third-order valence-corrected chi connectivity index (χ3v) is 5.07. The molecule has 0 atom stereocenters. The zero-order valence-electron chi connectivity index (χ0n) is 14.9. The summed E-state index contributed by atoms with van der Waals surface area (Å²) in [4.78, 5) is 23.7. The second-order valence-electron chi connectivity index (χ2n) is 5.44. The first kappa shape index (κ1) is 20.6. The van der Waals surface area contributed by atoms with Crippen molar-refractivity contribution in [3.63, 3.8) is 0 Å². The second kappa shape index (κ2) is 9.26. The van der Waals surface area contributed by atoms with Crippen LogP contribution in [0.15, 0.2) is 53.4 Å². The maximum absolute atomic E-state index is 12.3. The van der Waals surface area contributed by atoms with Crippen LogP contribution in [0.5, 0.6) is 0 Å². The lowest BCUT2D eigenvalue weighted by atomic mass is 10.2. The van der Waals surface area contributed by atoms with Crippen LogP contribution in [0.25, 0.3) is 0 Å². The number of nitrogens with one attached hydrogen (secondary N) is 2. The molecule has 0 heterocycles. The summed E-state index contributed by atoms with van der Waals surface area (Å²) >= 11 is 0. The molecule has 0 unspecified atom stereocenters. The van der Waals surface area contributed by atoms with Gasteiger partial charge < -0.3 is 14.8 Å². The number of benzene rings is 2. The molecule has 0 aliphatic heterocycles. The fourth-order valence-corrected chi connectivity index (χ4v) is 3.17. The van der Waals surface area contributed by atoms with E-state index in [1.54, 1.807) is 12.1 Å². The number of methoxy groups -OCH3 is 2. The Kier molecular flexibility index (Phi) is 7.05. The van der Waals surface area contributed by atoms with E-state index < -0.39 is 21.9 Å². The van der Waals surface area contributed by atoms with Crippen LogP contribution in [0.1, 0.15) is 20.7 Å². The molecule has 0 fully saturated rings. The van der Waals surface area contributed by atoms with E-state index in [9.17, 15) is 18.0 Å². The summed E-state index contributed by atoms with van der Waals surface area (Å²) in [5, 5.41) is 2.67. The predicted molar refractivity (Wildman–Crippen MR) is 99.2 cm³/mol. The molecule has 9 heteroatoms. The van der Waals surface area contributed by atoms with Gasteiger partial charge in [0.15, 0.2) is 0 Å². The van der Waals surface area contributed by atoms with E-state index in [4.69, 9.17) is 4.74 Å². The molecule has 0 spiro atoms. The molecule has 0 aliphatic rings. The highest BCUT2D eigenvalue weighted by atomic mass is 32.2. The fourth-order valence-electron chi connectivity index (χ4n) is 2.16. The summed E-state index contributed by atoms with van der Waals surface area (Å²) in [6, 6.07) is 11.7. The minimum atomic E-state index is -3.65. The lowest BCUT2D eigenvalue weighted by Gasteiger charge is -2.08. The molecule has 0 radical (unpaired) electrons. The lowest BCUT2D eigenvalue weighted by molar-refractivity contribution is 0.0600. The Morgan fingerprint density at radius 3 is 2.07 bits per heavy atom. The van der Waals surface area contributed by atoms with E-state index >= 15 is 0 Å². The molecule has 27 heavy (non-hydrogen) atoms. The Bertz CT molecular complexity index is 892. The third kappa shape index (κ3) is 5.61. The fraction of sp³-hybridized carbons (Fsp3) is 0.222. The van der Waals surface area contributed by atoms with Gasteiger partial charge in [0.05, 0.1) is 24.2 Å². The third-order valence-electron chi connectivity index (χ3n) is 3.59. The van der Waals surface area contributed by atoms with Crippen LogP contribution in [-0.2, 0) is 19.5 Å². The molecular weight excluding hydrogens is 372 g/mol. The number of esters is 1. The first-order valence-electron chi connectivity index (χ1n) is 7.96. The standard InChI is InChI=1S/C18H20N2O6S/c1-25-12-11-19-27(23,24)16-9-5-13(6-10-16)17(21)20-15-7-3-14(4-8-15)18(22)26-2/h3-10,19H,11-12H2,1-2H3,(H,20,21). The van der Waals surface area contributed by atoms with E-state index in [1.807, 2.05) is 0 Å². The van der Waals surface area contributed by atoms with Gasteiger partial charge in [0.2, 0.25) is 10.0 Å². The van der Waals surface area contributed by atoms with Gasteiger partial charge in [-0.1, -0.05) is 0 Å². The largest absolute Gasteiger partial charge is 0.465 e. The topological polar surface area (TPSA) is 111 Å². The number of hydrogen-bond acceptors (Lipinski definition) is 6. The molecule has 2 aromatic rings. The Balaban J connectivity index is 2.04. The Morgan fingerprint density at radius 1 is 0.926 bits per heavy atom. The highest BCUT2D eigenvalue weighted by molar-refractivity contribution is 7.89. The number of hydrogen-bond donors (Lipinski definition) is 2. The van der Waals surface area contributed by atoms with Gasteiger partial charge in [-0.3, -0.25) is 4.79 Å². The molecule has 0 aromatic heterocycles. The number of rotatable bonds is 8. The first-order chi connectivity index (χ1) is 12.9. The summed E-state index contributed by atoms with van der Waals surface area (Å²) in [6.45, 7) is 0.414. The van der Waals surface area contributed by atoms with Gasteiger partial charge in [0.1, 0.15) is 0 Å². The van der Waals surface area contributed by atoms with Gasteiger partial charge >= 0.3 is 5.97 Å². The molecular formula is C18H20N2O6S. The van der Waals surface area contributed by atoms with Gasteiger partial charge in [-0.2, -0.15) is 0 Å². The first-order valence-corrected chi connectivity index (χ1v) is 9.44. The van der Waals surface area contributed by atoms with Gasteiger partial charge in [0, 0.05) is 24.9 Å². The van der Waals surface area contributed by atoms with Crippen molar-refractivity contribution in [2.75, 3.05) is 32.7 Å². The van der Waals surface area contributed by atoms with E-state index in [-0.39, 0.29) is 18.0 Å². The molecule has 2 N–H and O–H groups in total. The zero-order valence-corrected chi connectivity index (χ0v) is 15.7. The molecule has 8 nitrogen and oxygen atoms in total. The maximum atomic E-state index is 12.3. The summed E-state index contributed by atoms with van der Waals surface area (Å²) in [7, 11) is -0.891. The van der Waals surface area contributed by atoms with E-state index in [2.05, 4.69) is 14.8 Å². The quantitative estimate of drug-likeness (QED) is 0.522. The number of anilines is 1. The molecule has 1 amide bonds. The predicted octanol–water partition coefficient (Wildman–Crippen LogP) is 1.65. The van der Waals surface area contributed by atoms with Crippen molar-refractivity contribution in [2.45, 2.75) is 4.90 Å². The molecule has 2 aromatic carbocycles. The van der Waals surface area contributed by atoms with Crippen molar-refractivity contribution >= 4 is 27.6 Å². The number of ether oxygens (including phenoxy) is 2. The SMILES string of the molecule is COCCNS(=O)(=O)c1ccc(C(=O)Nc2ccc(C(=O)OC)cc2)cc1. The number of sulfonamides is 1. The molecule has 0 saturated heterocycles. The summed E-state index contributed by atoms with van der Waals surface area (Å²) in [5.74, 6) is -0.874. The van der Waals surface area contributed by atoms with Crippen LogP contribution in [0.3, 0.4) is 0 Å². The van der Waals surface area contributed by atoms with Crippen LogP contribution in [0.4, 0.5) is 5.69 Å². The van der Waals surface area contributed by atoms with Crippen LogP contribution in [0, 0.1) is 0 Å².